The molecule has 0 unspecified atom stereocenters. The molecule has 0 saturated carbocycles. The van der Waals surface area contributed by atoms with Crippen molar-refractivity contribution in [1.29, 1.82) is 0 Å². The predicted octanol–water partition coefficient (Wildman–Crippen LogP) is 3.46. The van der Waals surface area contributed by atoms with Gasteiger partial charge in [-0.1, -0.05) is 37.6 Å². The fourth-order valence-electron chi connectivity index (χ4n) is 2.85. The minimum Gasteiger partial charge on any atom is -0.346 e. The van der Waals surface area contributed by atoms with Crippen LogP contribution in [0.2, 0.25) is 0 Å². The summed E-state index contributed by atoms with van der Waals surface area (Å²) in [6.45, 7) is 4.43. The van der Waals surface area contributed by atoms with E-state index in [2.05, 4.69) is 22.3 Å². The number of rotatable bonds is 6. The zero-order valence-corrected chi connectivity index (χ0v) is 14.6. The van der Waals surface area contributed by atoms with Crippen LogP contribution in [0.25, 0.3) is 5.69 Å². The van der Waals surface area contributed by atoms with Crippen LogP contribution in [-0.2, 0) is 13.0 Å². The number of nitrogens with one attached hydrogen (secondary N) is 1. The van der Waals surface area contributed by atoms with Crippen LogP contribution in [0.3, 0.4) is 0 Å². The van der Waals surface area contributed by atoms with Gasteiger partial charge in [0.1, 0.15) is 0 Å². The molecular formula is C20H22N4O. The topological polar surface area (TPSA) is 59.8 Å². The monoisotopic (exact) mass is 334 g/mol. The summed E-state index contributed by atoms with van der Waals surface area (Å²) in [6.07, 6.45) is 3.43. The van der Waals surface area contributed by atoms with Gasteiger partial charge in [0.25, 0.3) is 5.91 Å². The fourth-order valence-corrected chi connectivity index (χ4v) is 2.85. The third-order valence-electron chi connectivity index (χ3n) is 4.06. The predicted molar refractivity (Wildman–Crippen MR) is 97.7 cm³/mol. The second-order valence-electron chi connectivity index (χ2n) is 5.91. The molecule has 0 spiro atoms. The van der Waals surface area contributed by atoms with Crippen LogP contribution in [0.1, 0.15) is 40.8 Å². The van der Waals surface area contributed by atoms with E-state index in [9.17, 15) is 4.79 Å². The molecule has 0 bridgehead atoms. The quantitative estimate of drug-likeness (QED) is 0.751. The number of carbonyl (C=O) groups excluding carboxylic acids is 1. The summed E-state index contributed by atoms with van der Waals surface area (Å²) in [5.74, 6) is -0.103. The summed E-state index contributed by atoms with van der Waals surface area (Å²) in [6, 6.07) is 15.6. The molecule has 1 N–H and O–H groups in total. The van der Waals surface area contributed by atoms with Crippen molar-refractivity contribution in [3.8, 4) is 5.69 Å². The molecule has 0 aliphatic heterocycles. The van der Waals surface area contributed by atoms with Crippen LogP contribution in [0.15, 0.2) is 54.7 Å². The van der Waals surface area contributed by atoms with E-state index in [4.69, 9.17) is 0 Å². The number of aryl methyl sites for hydroxylation is 1. The normalized spacial score (nSPS) is 10.6. The zero-order chi connectivity index (χ0) is 17.6. The molecule has 3 aromatic rings. The van der Waals surface area contributed by atoms with E-state index >= 15 is 0 Å². The average Bonchev–Trinajstić information content (AvgIpc) is 2.98. The Morgan fingerprint density at radius 1 is 1.12 bits per heavy atom. The van der Waals surface area contributed by atoms with Crippen molar-refractivity contribution in [2.24, 2.45) is 0 Å². The number of para-hydroxylation sites is 1. The summed E-state index contributed by atoms with van der Waals surface area (Å²) in [7, 11) is 0. The Balaban J connectivity index is 1.88. The van der Waals surface area contributed by atoms with E-state index in [1.165, 1.54) is 0 Å². The zero-order valence-electron chi connectivity index (χ0n) is 14.6. The highest BCUT2D eigenvalue weighted by Gasteiger charge is 2.21. The van der Waals surface area contributed by atoms with Gasteiger partial charge in [0.2, 0.25) is 0 Å². The highest BCUT2D eigenvalue weighted by molar-refractivity contribution is 5.96. The fraction of sp³-hybridized carbons (Fsp3) is 0.250. The molecule has 5 nitrogen and oxygen atoms in total. The molecule has 2 heterocycles. The molecule has 0 atom stereocenters. The lowest BCUT2D eigenvalue weighted by Crippen LogP contribution is -2.24. The molecule has 0 aliphatic rings. The lowest BCUT2D eigenvalue weighted by atomic mass is 10.1. The number of benzene rings is 1. The van der Waals surface area contributed by atoms with Crippen molar-refractivity contribution in [3.05, 3.63) is 77.4 Å². The molecule has 3 rings (SSSR count). The largest absolute Gasteiger partial charge is 0.346 e. The summed E-state index contributed by atoms with van der Waals surface area (Å²) in [4.78, 5) is 17.0. The Labute approximate surface area is 147 Å². The van der Waals surface area contributed by atoms with Crippen molar-refractivity contribution in [2.75, 3.05) is 0 Å². The van der Waals surface area contributed by atoms with Crippen LogP contribution in [-0.4, -0.2) is 20.7 Å². The Hall–Kier alpha value is -2.95. The van der Waals surface area contributed by atoms with E-state index in [-0.39, 0.29) is 5.91 Å². The van der Waals surface area contributed by atoms with Gasteiger partial charge < -0.3 is 5.32 Å². The molecule has 0 fully saturated rings. The Morgan fingerprint density at radius 2 is 1.88 bits per heavy atom. The molecule has 0 radical (unpaired) electrons. The highest BCUT2D eigenvalue weighted by atomic mass is 16.1. The number of pyridine rings is 1. The minimum atomic E-state index is -0.103. The molecule has 5 heteroatoms. The maximum absolute atomic E-state index is 12.8. The van der Waals surface area contributed by atoms with Crippen molar-refractivity contribution in [2.45, 2.75) is 33.2 Å². The van der Waals surface area contributed by atoms with Gasteiger partial charge in [-0.15, -0.1) is 0 Å². The van der Waals surface area contributed by atoms with Gasteiger partial charge in [-0.25, -0.2) is 4.68 Å². The second-order valence-corrected chi connectivity index (χ2v) is 5.91. The third-order valence-corrected chi connectivity index (χ3v) is 4.06. The van der Waals surface area contributed by atoms with Crippen molar-refractivity contribution in [1.82, 2.24) is 20.1 Å². The van der Waals surface area contributed by atoms with Crippen molar-refractivity contribution >= 4 is 5.91 Å². The molecule has 1 amide bonds. The van der Waals surface area contributed by atoms with Crippen LogP contribution in [0.4, 0.5) is 0 Å². The van der Waals surface area contributed by atoms with Crippen LogP contribution in [0.5, 0.6) is 0 Å². The van der Waals surface area contributed by atoms with Gasteiger partial charge in [-0.3, -0.25) is 9.78 Å². The van der Waals surface area contributed by atoms with Gasteiger partial charge in [-0.05, 0) is 37.6 Å². The highest BCUT2D eigenvalue weighted by Crippen LogP contribution is 2.19. The summed E-state index contributed by atoms with van der Waals surface area (Å²) in [5.41, 5.74) is 4.15. The molecule has 1 aromatic carbocycles. The van der Waals surface area contributed by atoms with E-state index in [0.717, 1.165) is 35.6 Å². The smallest absolute Gasteiger partial charge is 0.255 e. The number of hydrogen-bond donors (Lipinski definition) is 1. The van der Waals surface area contributed by atoms with Crippen molar-refractivity contribution < 1.29 is 4.79 Å². The summed E-state index contributed by atoms with van der Waals surface area (Å²) in [5, 5.41) is 7.65. The van der Waals surface area contributed by atoms with Gasteiger partial charge in [0, 0.05) is 6.20 Å². The lowest BCUT2D eigenvalue weighted by molar-refractivity contribution is 0.0949. The first kappa shape index (κ1) is 16.9. The first-order chi connectivity index (χ1) is 12.2. The first-order valence-electron chi connectivity index (χ1n) is 8.52. The number of aromatic nitrogens is 3. The maximum Gasteiger partial charge on any atom is 0.255 e. The summed E-state index contributed by atoms with van der Waals surface area (Å²) < 4.78 is 1.85. The molecule has 0 aliphatic carbocycles. The van der Waals surface area contributed by atoms with E-state index in [0.29, 0.717) is 12.1 Å². The minimum absolute atomic E-state index is 0.103. The lowest BCUT2D eigenvalue weighted by Gasteiger charge is -2.07. The van der Waals surface area contributed by atoms with Crippen LogP contribution in [0, 0.1) is 6.92 Å². The maximum atomic E-state index is 12.8. The third kappa shape index (κ3) is 3.76. The Bertz CT molecular complexity index is 841. The van der Waals surface area contributed by atoms with E-state index in [1.54, 1.807) is 6.20 Å². The molecule has 128 valence electrons. The van der Waals surface area contributed by atoms with Gasteiger partial charge in [0.15, 0.2) is 0 Å². The van der Waals surface area contributed by atoms with Crippen LogP contribution < -0.4 is 5.32 Å². The average molecular weight is 334 g/mol. The van der Waals surface area contributed by atoms with E-state index < -0.39 is 0 Å². The van der Waals surface area contributed by atoms with E-state index in [1.807, 2.05) is 60.1 Å². The van der Waals surface area contributed by atoms with Crippen LogP contribution >= 0.6 is 0 Å². The number of hydrogen-bond acceptors (Lipinski definition) is 3. The Morgan fingerprint density at radius 3 is 2.56 bits per heavy atom. The Kier molecular flexibility index (Phi) is 5.23. The number of amides is 1. The molecule has 0 saturated heterocycles. The molecule has 2 aromatic heterocycles. The van der Waals surface area contributed by atoms with Gasteiger partial charge in [-0.2, -0.15) is 5.10 Å². The van der Waals surface area contributed by atoms with Gasteiger partial charge >= 0.3 is 0 Å². The van der Waals surface area contributed by atoms with Crippen molar-refractivity contribution in [3.63, 3.8) is 0 Å². The standard InChI is InChI=1S/C20H22N4O/c1-3-9-18-19(20(25)22-14-16-10-7-8-13-21-16)15(2)24(23-18)17-11-5-4-6-12-17/h4-8,10-13H,3,9,14H2,1-2H3,(H,22,25). The molecule has 25 heavy (non-hydrogen) atoms. The second kappa shape index (κ2) is 7.75. The number of carbonyl (C=O) groups is 1. The SMILES string of the molecule is CCCc1nn(-c2ccccc2)c(C)c1C(=O)NCc1ccccn1. The number of nitrogens with zero attached hydrogens (tertiary/aromatic N) is 3. The van der Waals surface area contributed by atoms with Gasteiger partial charge in [0.05, 0.1) is 34.9 Å². The summed E-state index contributed by atoms with van der Waals surface area (Å²) >= 11 is 0. The molecular weight excluding hydrogens is 312 g/mol. The first-order valence-corrected chi connectivity index (χ1v) is 8.52.